The van der Waals surface area contributed by atoms with Crippen molar-refractivity contribution in [1.29, 1.82) is 0 Å². The predicted octanol–water partition coefficient (Wildman–Crippen LogP) is 3.97. The Morgan fingerprint density at radius 1 is 0.967 bits per heavy atom. The third-order valence-corrected chi connectivity index (χ3v) is 4.92. The van der Waals surface area contributed by atoms with E-state index in [4.69, 9.17) is 9.47 Å². The van der Waals surface area contributed by atoms with E-state index in [-0.39, 0.29) is 5.91 Å². The molecule has 6 heteroatoms. The van der Waals surface area contributed by atoms with Gasteiger partial charge in [-0.15, -0.1) is 0 Å². The van der Waals surface area contributed by atoms with Crippen LogP contribution in [0.1, 0.15) is 43.2 Å². The van der Waals surface area contributed by atoms with Crippen LogP contribution in [0, 0.1) is 13.8 Å². The van der Waals surface area contributed by atoms with E-state index in [1.54, 1.807) is 13.8 Å². The highest BCUT2D eigenvalue weighted by atomic mass is 16.5. The first-order valence-electron chi connectivity index (χ1n) is 9.81. The van der Waals surface area contributed by atoms with E-state index in [2.05, 4.69) is 10.3 Å². The first-order chi connectivity index (χ1) is 14.5. The molecule has 0 saturated carbocycles. The molecule has 6 nitrogen and oxygen atoms in total. The van der Waals surface area contributed by atoms with Crippen molar-refractivity contribution in [3.05, 3.63) is 88.2 Å². The molecular weight excluding hydrogens is 380 g/mol. The summed E-state index contributed by atoms with van der Waals surface area (Å²) in [5.41, 5.74) is 4.23. The van der Waals surface area contributed by atoms with Gasteiger partial charge in [0.2, 0.25) is 0 Å². The lowest BCUT2D eigenvalue weighted by Gasteiger charge is -2.08. The fraction of sp³-hybridized carbons (Fsp3) is 0.250. The first-order valence-corrected chi connectivity index (χ1v) is 9.81. The highest BCUT2D eigenvalue weighted by Gasteiger charge is 2.22. The Bertz CT molecular complexity index is 1010. The van der Waals surface area contributed by atoms with Crippen molar-refractivity contribution >= 4 is 11.9 Å². The Hall–Kier alpha value is -3.54. The molecule has 2 N–H and O–H groups in total. The molecule has 1 amide bonds. The Morgan fingerprint density at radius 3 is 2.33 bits per heavy atom. The maximum atomic E-state index is 12.5. The molecule has 0 aliphatic rings. The number of esters is 1. The average Bonchev–Trinajstić information content (AvgIpc) is 3.07. The Morgan fingerprint density at radius 2 is 1.67 bits per heavy atom. The van der Waals surface area contributed by atoms with Crippen molar-refractivity contribution in [3.63, 3.8) is 0 Å². The summed E-state index contributed by atoms with van der Waals surface area (Å²) in [7, 11) is 1.33. The number of aryl methyl sites for hydroxylation is 1. The monoisotopic (exact) mass is 406 g/mol. The second-order valence-corrected chi connectivity index (χ2v) is 7.04. The number of amides is 1. The van der Waals surface area contributed by atoms with E-state index >= 15 is 0 Å². The summed E-state index contributed by atoms with van der Waals surface area (Å²) in [6.07, 6.45) is 0.688. The van der Waals surface area contributed by atoms with Crippen molar-refractivity contribution < 1.29 is 19.1 Å². The zero-order chi connectivity index (χ0) is 21.5. The SMILES string of the molecule is COC(=O)c1c(C)[nH]c(C(=O)NCCc2ccc(OCc3ccccc3)cc2)c1C. The number of ether oxygens (including phenoxy) is 2. The highest BCUT2D eigenvalue weighted by molar-refractivity contribution is 6.00. The molecule has 156 valence electrons. The van der Waals surface area contributed by atoms with E-state index in [0.717, 1.165) is 16.9 Å². The predicted molar refractivity (Wildman–Crippen MR) is 115 cm³/mol. The molecule has 0 bridgehead atoms. The van der Waals surface area contributed by atoms with E-state index in [0.29, 0.717) is 42.1 Å². The Balaban J connectivity index is 1.50. The summed E-state index contributed by atoms with van der Waals surface area (Å²) in [6, 6.07) is 17.9. The summed E-state index contributed by atoms with van der Waals surface area (Å²) in [5.74, 6) is 0.114. The molecular formula is C24H26N2O4. The molecule has 3 rings (SSSR count). The molecule has 0 atom stereocenters. The molecule has 0 radical (unpaired) electrons. The minimum absolute atomic E-state index is 0.242. The molecule has 0 unspecified atom stereocenters. The quantitative estimate of drug-likeness (QED) is 0.555. The number of nitrogens with one attached hydrogen (secondary N) is 2. The van der Waals surface area contributed by atoms with Crippen LogP contribution < -0.4 is 10.1 Å². The lowest BCUT2D eigenvalue weighted by molar-refractivity contribution is 0.0599. The Labute approximate surface area is 176 Å². The summed E-state index contributed by atoms with van der Waals surface area (Å²) in [4.78, 5) is 27.3. The standard InChI is InChI=1S/C24H26N2O4/c1-16-21(24(28)29-3)17(2)26-22(16)23(27)25-14-13-18-9-11-20(12-10-18)30-15-19-7-5-4-6-8-19/h4-12,26H,13-15H2,1-3H3,(H,25,27). The van der Waals surface area contributed by atoms with Crippen molar-refractivity contribution in [2.24, 2.45) is 0 Å². The topological polar surface area (TPSA) is 80.4 Å². The van der Waals surface area contributed by atoms with Crippen molar-refractivity contribution in [1.82, 2.24) is 10.3 Å². The summed E-state index contributed by atoms with van der Waals surface area (Å²) in [6.45, 7) is 4.49. The summed E-state index contributed by atoms with van der Waals surface area (Å²) >= 11 is 0. The van der Waals surface area contributed by atoms with Crippen LogP contribution in [0.5, 0.6) is 5.75 Å². The van der Waals surface area contributed by atoms with Crippen LogP contribution in [0.25, 0.3) is 0 Å². The van der Waals surface area contributed by atoms with Gasteiger partial charge in [0, 0.05) is 12.2 Å². The third kappa shape index (κ3) is 5.08. The van der Waals surface area contributed by atoms with E-state index in [1.807, 2.05) is 54.6 Å². The molecule has 3 aromatic rings. The molecule has 1 aromatic heterocycles. The fourth-order valence-corrected chi connectivity index (χ4v) is 3.29. The maximum absolute atomic E-state index is 12.5. The number of carbonyl (C=O) groups is 2. The van der Waals surface area contributed by atoms with E-state index in [9.17, 15) is 9.59 Å². The number of benzene rings is 2. The van der Waals surface area contributed by atoms with Gasteiger partial charge in [-0.1, -0.05) is 42.5 Å². The lowest BCUT2D eigenvalue weighted by Crippen LogP contribution is -2.26. The van der Waals surface area contributed by atoms with Gasteiger partial charge >= 0.3 is 5.97 Å². The van der Waals surface area contributed by atoms with Crippen LogP contribution in [0.3, 0.4) is 0 Å². The summed E-state index contributed by atoms with van der Waals surface area (Å²) < 4.78 is 10.6. The van der Waals surface area contributed by atoms with Gasteiger partial charge < -0.3 is 19.8 Å². The molecule has 1 heterocycles. The smallest absolute Gasteiger partial charge is 0.339 e. The number of hydrogen-bond donors (Lipinski definition) is 2. The van der Waals surface area contributed by atoms with Crippen molar-refractivity contribution in [3.8, 4) is 5.75 Å². The molecule has 0 aliphatic heterocycles. The van der Waals surface area contributed by atoms with Gasteiger partial charge in [-0.3, -0.25) is 4.79 Å². The maximum Gasteiger partial charge on any atom is 0.339 e. The minimum atomic E-state index is -0.449. The van der Waals surface area contributed by atoms with E-state index in [1.165, 1.54) is 7.11 Å². The Kier molecular flexibility index (Phi) is 6.91. The molecule has 0 aliphatic carbocycles. The van der Waals surface area contributed by atoms with Gasteiger partial charge in [-0.2, -0.15) is 0 Å². The van der Waals surface area contributed by atoms with Gasteiger partial charge in [-0.25, -0.2) is 4.79 Å². The van der Waals surface area contributed by atoms with Crippen molar-refractivity contribution in [2.45, 2.75) is 26.9 Å². The number of methoxy groups -OCH3 is 1. The second-order valence-electron chi connectivity index (χ2n) is 7.04. The van der Waals surface area contributed by atoms with Crippen LogP contribution in [0.2, 0.25) is 0 Å². The summed E-state index contributed by atoms with van der Waals surface area (Å²) in [5, 5.41) is 2.89. The van der Waals surface area contributed by atoms with Crippen molar-refractivity contribution in [2.75, 3.05) is 13.7 Å². The zero-order valence-electron chi connectivity index (χ0n) is 17.5. The highest BCUT2D eigenvalue weighted by Crippen LogP contribution is 2.19. The molecule has 2 aromatic carbocycles. The van der Waals surface area contributed by atoms with Crippen LogP contribution in [-0.2, 0) is 17.8 Å². The zero-order valence-corrected chi connectivity index (χ0v) is 17.5. The number of aromatic amines is 1. The second kappa shape index (κ2) is 9.78. The van der Waals surface area contributed by atoms with Gasteiger partial charge in [0.1, 0.15) is 18.1 Å². The number of carbonyl (C=O) groups excluding carboxylic acids is 2. The van der Waals surface area contributed by atoms with Gasteiger partial charge in [0.25, 0.3) is 5.91 Å². The van der Waals surface area contributed by atoms with Crippen LogP contribution >= 0.6 is 0 Å². The van der Waals surface area contributed by atoms with Gasteiger partial charge in [0.05, 0.1) is 12.7 Å². The average molecular weight is 406 g/mol. The van der Waals surface area contributed by atoms with E-state index < -0.39 is 5.97 Å². The van der Waals surface area contributed by atoms with Crippen LogP contribution in [-0.4, -0.2) is 30.5 Å². The molecule has 0 spiro atoms. The third-order valence-electron chi connectivity index (χ3n) is 4.92. The normalized spacial score (nSPS) is 10.5. The molecule has 30 heavy (non-hydrogen) atoms. The first kappa shape index (κ1) is 21.2. The number of H-pyrrole nitrogens is 1. The minimum Gasteiger partial charge on any atom is -0.489 e. The van der Waals surface area contributed by atoms with Gasteiger partial charge in [0.15, 0.2) is 0 Å². The molecule has 0 fully saturated rings. The van der Waals surface area contributed by atoms with Crippen LogP contribution in [0.15, 0.2) is 54.6 Å². The van der Waals surface area contributed by atoms with Crippen LogP contribution in [0.4, 0.5) is 0 Å². The number of hydrogen-bond acceptors (Lipinski definition) is 4. The number of aromatic nitrogens is 1. The largest absolute Gasteiger partial charge is 0.489 e. The fourth-order valence-electron chi connectivity index (χ4n) is 3.29. The molecule has 0 saturated heterocycles. The van der Waals surface area contributed by atoms with Gasteiger partial charge in [-0.05, 0) is 49.1 Å². The lowest BCUT2D eigenvalue weighted by atomic mass is 10.1. The number of rotatable bonds is 8.